The monoisotopic (exact) mass is 485 g/mol. The van der Waals surface area contributed by atoms with Crippen molar-refractivity contribution in [3.8, 4) is 11.5 Å². The average molecular weight is 485 g/mol. The van der Waals surface area contributed by atoms with Crippen molar-refractivity contribution in [3.05, 3.63) is 78.0 Å². The molecule has 1 saturated carbocycles. The number of halogens is 3. The second-order valence-electron chi connectivity index (χ2n) is 8.35. The summed E-state index contributed by atoms with van der Waals surface area (Å²) in [6.45, 7) is 0.810. The molecule has 5 rings (SSSR count). The Balaban J connectivity index is 1.44. The van der Waals surface area contributed by atoms with Crippen LogP contribution in [0.2, 0.25) is 0 Å². The molecule has 35 heavy (non-hydrogen) atoms. The minimum atomic E-state index is -5.16. The molecule has 2 aliphatic rings. The first-order chi connectivity index (χ1) is 16.9. The van der Waals surface area contributed by atoms with E-state index in [2.05, 4.69) is 10.3 Å². The van der Waals surface area contributed by atoms with Gasteiger partial charge in [0.05, 0.1) is 6.61 Å². The van der Waals surface area contributed by atoms with Gasteiger partial charge in [0.25, 0.3) is 0 Å². The second kappa shape index (κ2) is 9.36. The van der Waals surface area contributed by atoms with Crippen LogP contribution >= 0.6 is 0 Å². The molecule has 1 unspecified atom stereocenters. The smallest absolute Gasteiger partial charge is 0.493 e. The number of carbonyl (C=O) groups excluding carboxylic acids is 1. The number of carbonyl (C=O) groups is 1. The Kier molecular flexibility index (Phi) is 6.10. The first-order valence-corrected chi connectivity index (χ1v) is 11.1. The highest BCUT2D eigenvalue weighted by Crippen LogP contribution is 2.44. The van der Waals surface area contributed by atoms with Gasteiger partial charge >= 0.3 is 12.1 Å². The summed E-state index contributed by atoms with van der Waals surface area (Å²) in [5, 5.41) is 3.91. The molecule has 0 bridgehead atoms. The van der Waals surface area contributed by atoms with Gasteiger partial charge < -0.3 is 19.6 Å². The molecule has 2 heterocycles. The zero-order valence-corrected chi connectivity index (χ0v) is 18.5. The van der Waals surface area contributed by atoms with Crippen LogP contribution in [0, 0.1) is 5.92 Å². The summed E-state index contributed by atoms with van der Waals surface area (Å²) in [6.07, 6.45) is -2.53. The summed E-state index contributed by atoms with van der Waals surface area (Å²) in [7, 11) is 0. The SMILES string of the molecule is O=C(ON1c2cccnc2NC1c1ccc(OCc2ccccc2)cc1OCC1CC1)C(F)(F)F. The fourth-order valence-electron chi connectivity index (χ4n) is 3.65. The van der Waals surface area contributed by atoms with Crippen LogP contribution in [0.25, 0.3) is 0 Å². The van der Waals surface area contributed by atoms with Crippen molar-refractivity contribution in [2.75, 3.05) is 17.0 Å². The van der Waals surface area contributed by atoms with E-state index in [0.717, 1.165) is 23.5 Å². The summed E-state index contributed by atoms with van der Waals surface area (Å²) < 4.78 is 51.0. The molecule has 1 aromatic heterocycles. The highest BCUT2D eigenvalue weighted by atomic mass is 19.4. The van der Waals surface area contributed by atoms with Gasteiger partial charge in [0.15, 0.2) is 12.0 Å². The number of pyridine rings is 1. The zero-order valence-electron chi connectivity index (χ0n) is 18.5. The minimum Gasteiger partial charge on any atom is -0.493 e. The molecule has 2 aromatic carbocycles. The molecule has 3 aromatic rings. The van der Waals surface area contributed by atoms with E-state index in [-0.39, 0.29) is 11.5 Å². The molecule has 1 fully saturated rings. The zero-order chi connectivity index (χ0) is 24.4. The predicted molar refractivity (Wildman–Crippen MR) is 121 cm³/mol. The first-order valence-electron chi connectivity index (χ1n) is 11.1. The van der Waals surface area contributed by atoms with E-state index in [9.17, 15) is 18.0 Å². The van der Waals surface area contributed by atoms with Crippen molar-refractivity contribution in [1.29, 1.82) is 0 Å². The molecule has 1 aliphatic carbocycles. The lowest BCUT2D eigenvalue weighted by Gasteiger charge is -2.27. The van der Waals surface area contributed by atoms with Crippen LogP contribution in [0.15, 0.2) is 66.9 Å². The maximum absolute atomic E-state index is 13.0. The van der Waals surface area contributed by atoms with Crippen LogP contribution in [-0.4, -0.2) is 23.7 Å². The minimum absolute atomic E-state index is 0.202. The maximum atomic E-state index is 13.0. The fraction of sp³-hybridized carbons (Fsp3) is 0.280. The number of fused-ring (bicyclic) bond motifs is 1. The van der Waals surface area contributed by atoms with Crippen LogP contribution in [0.3, 0.4) is 0 Å². The summed E-state index contributed by atoms with van der Waals surface area (Å²) in [4.78, 5) is 20.6. The van der Waals surface area contributed by atoms with Crippen LogP contribution in [-0.2, 0) is 16.2 Å². The van der Waals surface area contributed by atoms with Gasteiger partial charge in [-0.3, -0.25) is 0 Å². The lowest BCUT2D eigenvalue weighted by molar-refractivity contribution is -0.201. The average Bonchev–Trinajstić information content (AvgIpc) is 3.62. The molecule has 0 spiro atoms. The molecule has 7 nitrogen and oxygen atoms in total. The van der Waals surface area contributed by atoms with Crippen molar-refractivity contribution in [3.63, 3.8) is 0 Å². The van der Waals surface area contributed by atoms with Gasteiger partial charge in [-0.05, 0) is 48.6 Å². The van der Waals surface area contributed by atoms with E-state index in [1.54, 1.807) is 24.3 Å². The molecule has 0 radical (unpaired) electrons. The number of anilines is 2. The third-order valence-corrected chi connectivity index (χ3v) is 5.64. The summed E-state index contributed by atoms with van der Waals surface area (Å²) in [5.41, 5.74) is 1.67. The molecule has 10 heteroatoms. The Bertz CT molecular complexity index is 1200. The fourth-order valence-corrected chi connectivity index (χ4v) is 3.65. The highest BCUT2D eigenvalue weighted by Gasteiger charge is 2.46. The molecule has 1 aliphatic heterocycles. The van der Waals surface area contributed by atoms with E-state index in [1.165, 1.54) is 12.3 Å². The van der Waals surface area contributed by atoms with Gasteiger partial charge in [0.2, 0.25) is 0 Å². The lowest BCUT2D eigenvalue weighted by Crippen LogP contribution is -2.37. The molecule has 182 valence electrons. The maximum Gasteiger partial charge on any atom is 0.493 e. The topological polar surface area (TPSA) is 72.9 Å². The molecule has 1 N–H and O–H groups in total. The number of aromatic nitrogens is 1. The van der Waals surface area contributed by atoms with Crippen LogP contribution in [0.1, 0.15) is 30.1 Å². The Hall–Kier alpha value is -3.95. The summed E-state index contributed by atoms with van der Waals surface area (Å²) in [5.74, 6) is -0.655. The number of alkyl halides is 3. The van der Waals surface area contributed by atoms with Crippen molar-refractivity contribution in [2.24, 2.45) is 5.92 Å². The largest absolute Gasteiger partial charge is 0.493 e. The normalized spacial score (nSPS) is 16.9. The van der Waals surface area contributed by atoms with Crippen molar-refractivity contribution >= 4 is 17.5 Å². The van der Waals surface area contributed by atoms with E-state index < -0.39 is 18.3 Å². The Labute approximate surface area is 199 Å². The number of rotatable bonds is 8. The number of nitrogens with one attached hydrogen (secondary N) is 1. The second-order valence-corrected chi connectivity index (χ2v) is 8.35. The van der Waals surface area contributed by atoms with Gasteiger partial charge in [0, 0.05) is 17.8 Å². The summed E-state index contributed by atoms with van der Waals surface area (Å²) in [6, 6.07) is 17.8. The summed E-state index contributed by atoms with van der Waals surface area (Å²) >= 11 is 0. The lowest BCUT2D eigenvalue weighted by atomic mass is 10.1. The van der Waals surface area contributed by atoms with Gasteiger partial charge in [-0.2, -0.15) is 18.2 Å². The number of hydrogen-bond acceptors (Lipinski definition) is 7. The molecule has 0 amide bonds. The van der Waals surface area contributed by atoms with Crippen LogP contribution < -0.4 is 19.9 Å². The molecular formula is C25H22F3N3O4. The van der Waals surface area contributed by atoms with Crippen LogP contribution in [0.5, 0.6) is 11.5 Å². The van der Waals surface area contributed by atoms with E-state index in [0.29, 0.717) is 36.2 Å². The third kappa shape index (κ3) is 5.26. The number of hydroxylamine groups is 1. The van der Waals surface area contributed by atoms with E-state index in [4.69, 9.17) is 14.3 Å². The van der Waals surface area contributed by atoms with Gasteiger partial charge in [-0.15, -0.1) is 0 Å². The Morgan fingerprint density at radius 1 is 1.06 bits per heavy atom. The van der Waals surface area contributed by atoms with Gasteiger partial charge in [-0.1, -0.05) is 30.3 Å². The molecule has 0 saturated heterocycles. The Morgan fingerprint density at radius 3 is 2.60 bits per heavy atom. The molecular weight excluding hydrogens is 463 g/mol. The standard InChI is InChI=1S/C25H22F3N3O4/c26-25(27,28)24(32)35-31-20-7-4-12-29-22(20)30-23(31)19-11-10-18(13-21(19)34-15-17-8-9-17)33-14-16-5-2-1-3-6-16/h1-7,10-13,17,23H,8-9,14-15H2,(H,29,30). The van der Waals surface area contributed by atoms with Crippen molar-refractivity contribution in [1.82, 2.24) is 4.98 Å². The van der Waals surface area contributed by atoms with E-state index >= 15 is 0 Å². The predicted octanol–water partition coefficient (Wildman–Crippen LogP) is 5.40. The van der Waals surface area contributed by atoms with Crippen LogP contribution in [0.4, 0.5) is 24.7 Å². The Morgan fingerprint density at radius 2 is 1.86 bits per heavy atom. The molecule has 1 atom stereocenters. The van der Waals surface area contributed by atoms with E-state index in [1.807, 2.05) is 30.3 Å². The number of nitrogens with zero attached hydrogens (tertiary/aromatic N) is 2. The van der Waals surface area contributed by atoms with Gasteiger partial charge in [-0.25, -0.2) is 9.78 Å². The quantitative estimate of drug-likeness (QED) is 0.458. The number of ether oxygens (including phenoxy) is 2. The number of hydrogen-bond donors (Lipinski definition) is 1. The van der Waals surface area contributed by atoms with Gasteiger partial charge in [0.1, 0.15) is 23.8 Å². The first kappa shape index (κ1) is 22.8. The number of benzene rings is 2. The highest BCUT2D eigenvalue weighted by molar-refractivity contribution is 5.80. The van der Waals surface area contributed by atoms with Crippen molar-refractivity contribution in [2.45, 2.75) is 31.8 Å². The van der Waals surface area contributed by atoms with Crippen molar-refractivity contribution < 1.29 is 32.3 Å². The third-order valence-electron chi connectivity index (χ3n) is 5.64.